The van der Waals surface area contributed by atoms with E-state index in [1.807, 2.05) is 19.1 Å². The molecule has 176 valence electrons. The van der Waals surface area contributed by atoms with Gasteiger partial charge in [-0.25, -0.2) is 9.79 Å². The van der Waals surface area contributed by atoms with Crippen molar-refractivity contribution in [3.63, 3.8) is 0 Å². The lowest BCUT2D eigenvalue weighted by Gasteiger charge is -2.33. The number of benzene rings is 1. The fraction of sp³-hybridized carbons (Fsp3) is 0.480. The molecule has 1 aromatic carbocycles. The summed E-state index contributed by atoms with van der Waals surface area (Å²) in [6.45, 7) is 9.01. The number of nitrogens with zero attached hydrogens (tertiary/aromatic N) is 2. The molecule has 3 rings (SSSR count). The van der Waals surface area contributed by atoms with Crippen LogP contribution in [0.3, 0.4) is 0 Å². The number of methoxy groups -OCH3 is 1. The predicted octanol–water partition coefficient (Wildman–Crippen LogP) is 6.08. The van der Waals surface area contributed by atoms with Crippen LogP contribution in [0.15, 0.2) is 17.1 Å². The zero-order valence-electron chi connectivity index (χ0n) is 19.7. The number of hydrogen-bond donors (Lipinski definition) is 0. The number of rotatable bonds is 7. The second-order valence-electron chi connectivity index (χ2n) is 8.99. The molecule has 1 aliphatic carbocycles. The van der Waals surface area contributed by atoms with E-state index in [9.17, 15) is 10.1 Å². The molecule has 8 heteroatoms. The Balaban J connectivity index is 1.88. The minimum atomic E-state index is -0.460. The highest BCUT2D eigenvalue weighted by Gasteiger charge is 2.32. The predicted molar refractivity (Wildman–Crippen MR) is 139 cm³/mol. The summed E-state index contributed by atoms with van der Waals surface area (Å²) in [6, 6.07) is 6.13. The van der Waals surface area contributed by atoms with Crippen LogP contribution in [0.1, 0.15) is 55.7 Å². The molecule has 1 heterocycles. The van der Waals surface area contributed by atoms with Gasteiger partial charge in [-0.05, 0) is 83.4 Å². The molecule has 2 aromatic rings. The largest absolute Gasteiger partial charge is 0.490 e. The Labute approximate surface area is 213 Å². The first-order valence-electron chi connectivity index (χ1n) is 10.9. The Morgan fingerprint density at radius 2 is 2.12 bits per heavy atom. The van der Waals surface area contributed by atoms with Gasteiger partial charge in [-0.2, -0.15) is 5.26 Å². The number of carbonyl (C=O) groups excluding carboxylic acids is 1. The molecule has 0 spiro atoms. The van der Waals surface area contributed by atoms with Crippen molar-refractivity contribution in [3.05, 3.63) is 37.3 Å². The summed E-state index contributed by atoms with van der Waals surface area (Å²) in [4.78, 5) is 17.5. The number of thiophene rings is 1. The molecule has 0 aliphatic heterocycles. The third-order valence-corrected chi connectivity index (χ3v) is 7.77. The average Bonchev–Trinajstić information content (AvgIpc) is 3.13. The van der Waals surface area contributed by atoms with E-state index in [-0.39, 0.29) is 12.0 Å². The van der Waals surface area contributed by atoms with Gasteiger partial charge >= 0.3 is 5.97 Å². The number of halogens is 1. The van der Waals surface area contributed by atoms with Crippen molar-refractivity contribution in [1.29, 1.82) is 5.26 Å². The first kappa shape index (κ1) is 25.5. The maximum absolute atomic E-state index is 11.5. The molecule has 0 saturated heterocycles. The van der Waals surface area contributed by atoms with Crippen molar-refractivity contribution < 1.29 is 19.0 Å². The van der Waals surface area contributed by atoms with Crippen LogP contribution in [0, 0.1) is 26.2 Å². The minimum absolute atomic E-state index is 0.193. The van der Waals surface area contributed by atoms with Crippen molar-refractivity contribution in [1.82, 2.24) is 0 Å². The van der Waals surface area contributed by atoms with Gasteiger partial charge in [-0.15, -0.1) is 11.3 Å². The standard InChI is InChI=1S/C25H29IN2O4S/c1-6-31-20-10-15(9-19(26)23(20)32-14-22(29)30-5)13-28-24-18(12-27)17-8-7-16(25(2,3)4)11-21(17)33-24/h9-10,13,16H,6-8,11,14H2,1-5H3/t16-/m1/s1. The van der Waals surface area contributed by atoms with Crippen LogP contribution in [0.2, 0.25) is 0 Å². The van der Waals surface area contributed by atoms with Gasteiger partial charge in [0.25, 0.3) is 0 Å². The number of aliphatic imine (C=N–C) groups is 1. The second-order valence-corrected chi connectivity index (χ2v) is 11.2. The Kier molecular flexibility index (Phi) is 8.40. The van der Waals surface area contributed by atoms with Crippen molar-refractivity contribution in [2.24, 2.45) is 16.3 Å². The molecular formula is C25H29IN2O4S. The molecule has 0 N–H and O–H groups in total. The molecule has 1 aliphatic rings. The molecule has 6 nitrogen and oxygen atoms in total. The molecule has 0 saturated carbocycles. The number of hydrogen-bond acceptors (Lipinski definition) is 7. The van der Waals surface area contributed by atoms with E-state index in [1.54, 1.807) is 17.6 Å². The quantitative estimate of drug-likeness (QED) is 0.226. The SMILES string of the molecule is CCOc1cc(C=Nc2sc3c(c2C#N)CC[C@@H](C(C)(C)C)C3)cc(I)c1OCC(=O)OC. The molecule has 0 fully saturated rings. The van der Waals surface area contributed by atoms with Gasteiger partial charge < -0.3 is 14.2 Å². The van der Waals surface area contributed by atoms with Gasteiger partial charge in [0.2, 0.25) is 0 Å². The Bertz CT molecular complexity index is 1100. The third kappa shape index (κ3) is 6.07. The summed E-state index contributed by atoms with van der Waals surface area (Å²) in [5.41, 5.74) is 2.96. The second kappa shape index (κ2) is 10.9. The van der Waals surface area contributed by atoms with Crippen LogP contribution in [0.5, 0.6) is 11.5 Å². The van der Waals surface area contributed by atoms with E-state index >= 15 is 0 Å². The van der Waals surface area contributed by atoms with Crippen LogP contribution in [-0.4, -0.2) is 32.5 Å². The summed E-state index contributed by atoms with van der Waals surface area (Å²) in [5, 5.41) is 10.6. The molecule has 33 heavy (non-hydrogen) atoms. The zero-order chi connectivity index (χ0) is 24.2. The number of carbonyl (C=O) groups is 1. The summed E-state index contributed by atoms with van der Waals surface area (Å²) in [6.07, 6.45) is 4.80. The van der Waals surface area contributed by atoms with Crippen molar-refractivity contribution >= 4 is 51.1 Å². The van der Waals surface area contributed by atoms with Gasteiger partial charge in [0.15, 0.2) is 18.1 Å². The molecule has 1 atom stereocenters. The summed E-state index contributed by atoms with van der Waals surface area (Å²) < 4.78 is 16.8. The minimum Gasteiger partial charge on any atom is -0.490 e. The van der Waals surface area contributed by atoms with E-state index < -0.39 is 5.97 Å². The lowest BCUT2D eigenvalue weighted by molar-refractivity contribution is -0.142. The summed E-state index contributed by atoms with van der Waals surface area (Å²) in [5.74, 6) is 1.18. The highest BCUT2D eigenvalue weighted by Crippen LogP contribution is 2.45. The molecule has 0 bridgehead atoms. The van der Waals surface area contributed by atoms with Crippen molar-refractivity contribution in [2.75, 3.05) is 20.3 Å². The lowest BCUT2D eigenvalue weighted by Crippen LogP contribution is -2.26. The highest BCUT2D eigenvalue weighted by molar-refractivity contribution is 14.1. The highest BCUT2D eigenvalue weighted by atomic mass is 127. The van der Waals surface area contributed by atoms with E-state index in [0.717, 1.165) is 33.4 Å². The van der Waals surface area contributed by atoms with Gasteiger partial charge in [0.05, 0.1) is 22.9 Å². The van der Waals surface area contributed by atoms with Crippen LogP contribution < -0.4 is 9.47 Å². The van der Waals surface area contributed by atoms with Crippen LogP contribution in [0.4, 0.5) is 5.00 Å². The Morgan fingerprint density at radius 1 is 1.36 bits per heavy atom. The van der Waals surface area contributed by atoms with E-state index in [0.29, 0.717) is 29.6 Å². The normalized spacial score (nSPS) is 15.7. The molecule has 0 amide bonds. The smallest absolute Gasteiger partial charge is 0.343 e. The van der Waals surface area contributed by atoms with Gasteiger partial charge in [0.1, 0.15) is 11.1 Å². The number of nitriles is 1. The molecule has 1 aromatic heterocycles. The number of esters is 1. The van der Waals surface area contributed by atoms with Gasteiger partial charge in [-0.3, -0.25) is 0 Å². The fourth-order valence-electron chi connectivity index (χ4n) is 3.91. The topological polar surface area (TPSA) is 80.9 Å². The van der Waals surface area contributed by atoms with E-state index in [4.69, 9.17) is 14.5 Å². The number of fused-ring (bicyclic) bond motifs is 1. The number of ether oxygens (including phenoxy) is 3. The molecule has 0 unspecified atom stereocenters. The van der Waals surface area contributed by atoms with Crippen LogP contribution in [-0.2, 0) is 22.4 Å². The summed E-state index contributed by atoms with van der Waals surface area (Å²) >= 11 is 3.78. The van der Waals surface area contributed by atoms with Crippen LogP contribution >= 0.6 is 33.9 Å². The lowest BCUT2D eigenvalue weighted by atomic mass is 9.72. The Hall–Kier alpha value is -2.12. The van der Waals surface area contributed by atoms with Crippen molar-refractivity contribution in [2.45, 2.75) is 47.0 Å². The van der Waals surface area contributed by atoms with Gasteiger partial charge in [-0.1, -0.05) is 20.8 Å². The zero-order valence-corrected chi connectivity index (χ0v) is 22.6. The monoisotopic (exact) mass is 580 g/mol. The van der Waals surface area contributed by atoms with Crippen LogP contribution in [0.25, 0.3) is 0 Å². The van der Waals surface area contributed by atoms with Crippen molar-refractivity contribution in [3.8, 4) is 17.6 Å². The van der Waals surface area contributed by atoms with E-state index in [1.165, 1.54) is 17.6 Å². The maximum atomic E-state index is 11.5. The Morgan fingerprint density at radius 3 is 2.76 bits per heavy atom. The molecular weight excluding hydrogens is 551 g/mol. The average molecular weight is 580 g/mol. The molecule has 0 radical (unpaired) electrons. The van der Waals surface area contributed by atoms with E-state index in [2.05, 4.69) is 54.2 Å². The fourth-order valence-corrected chi connectivity index (χ4v) is 5.91. The summed E-state index contributed by atoms with van der Waals surface area (Å²) in [7, 11) is 1.32. The first-order chi connectivity index (χ1) is 15.7. The van der Waals surface area contributed by atoms with Gasteiger partial charge in [0, 0.05) is 11.1 Å². The first-order valence-corrected chi connectivity index (χ1v) is 12.8. The third-order valence-electron chi connectivity index (χ3n) is 5.81. The maximum Gasteiger partial charge on any atom is 0.343 e.